The lowest BCUT2D eigenvalue weighted by Crippen LogP contribution is -2.34. The summed E-state index contributed by atoms with van der Waals surface area (Å²) in [5.74, 6) is -2.23. The van der Waals surface area contributed by atoms with E-state index in [2.05, 4.69) is 15.3 Å². The zero-order valence-corrected chi connectivity index (χ0v) is 16.8. The summed E-state index contributed by atoms with van der Waals surface area (Å²) >= 11 is 5.93. The van der Waals surface area contributed by atoms with E-state index in [1.807, 2.05) is 0 Å². The van der Waals surface area contributed by atoms with Crippen LogP contribution in [0.25, 0.3) is 0 Å². The topological polar surface area (TPSA) is 121 Å². The van der Waals surface area contributed by atoms with E-state index in [0.717, 1.165) is 25.0 Å². The number of rotatable bonds is 6. The van der Waals surface area contributed by atoms with E-state index < -0.39 is 23.5 Å². The van der Waals surface area contributed by atoms with Crippen molar-refractivity contribution in [2.24, 2.45) is 5.73 Å². The summed E-state index contributed by atoms with van der Waals surface area (Å²) in [5, 5.41) is 2.69. The zero-order chi connectivity index (χ0) is 22.1. The molecule has 0 atom stereocenters. The van der Waals surface area contributed by atoms with Crippen molar-refractivity contribution in [1.82, 2.24) is 9.97 Å². The van der Waals surface area contributed by atoms with E-state index in [1.54, 1.807) is 29.2 Å². The van der Waals surface area contributed by atoms with Crippen LogP contribution in [-0.2, 0) is 0 Å². The van der Waals surface area contributed by atoms with Crippen molar-refractivity contribution in [2.45, 2.75) is 18.9 Å². The number of aromatic nitrogens is 2. The first kappa shape index (κ1) is 20.5. The molecular weight excluding hydrogens is 425 g/mol. The number of nitrogens with zero attached hydrogens (tertiary/aromatic N) is 2. The van der Waals surface area contributed by atoms with Crippen LogP contribution in [0.4, 0.5) is 15.8 Å². The monoisotopic (exact) mass is 441 g/mol. The quantitative estimate of drug-likeness (QED) is 0.543. The van der Waals surface area contributed by atoms with E-state index in [0.29, 0.717) is 11.4 Å². The van der Waals surface area contributed by atoms with Gasteiger partial charge in [0.2, 0.25) is 0 Å². The maximum Gasteiger partial charge on any atom is 0.279 e. The van der Waals surface area contributed by atoms with Crippen LogP contribution in [0.1, 0.15) is 44.2 Å². The highest BCUT2D eigenvalue weighted by Gasteiger charge is 2.36. The number of H-pyrrole nitrogens is 1. The average Bonchev–Trinajstić information content (AvgIpc) is 3.42. The average molecular weight is 442 g/mol. The van der Waals surface area contributed by atoms with Gasteiger partial charge in [0.05, 0.1) is 16.9 Å². The predicted octanol–water partition coefficient (Wildman–Crippen LogP) is 3.36. The molecular formula is C21H17ClFN5O3. The Bertz CT molecular complexity index is 1170. The Morgan fingerprint density at radius 3 is 2.48 bits per heavy atom. The van der Waals surface area contributed by atoms with Gasteiger partial charge in [-0.2, -0.15) is 0 Å². The van der Waals surface area contributed by atoms with Gasteiger partial charge in [-0.3, -0.25) is 14.4 Å². The van der Waals surface area contributed by atoms with Crippen LogP contribution < -0.4 is 16.0 Å². The lowest BCUT2D eigenvalue weighted by molar-refractivity contribution is 0.0954. The molecule has 10 heteroatoms. The molecule has 1 heterocycles. The number of anilines is 2. The fourth-order valence-corrected chi connectivity index (χ4v) is 3.42. The Morgan fingerprint density at radius 1 is 1.16 bits per heavy atom. The number of halogens is 2. The Balaban J connectivity index is 1.54. The maximum absolute atomic E-state index is 13.2. The first-order valence-electron chi connectivity index (χ1n) is 9.38. The number of carbonyl (C=O) groups excluding carboxylic acids is 3. The molecule has 1 aromatic heterocycles. The molecule has 31 heavy (non-hydrogen) atoms. The smallest absolute Gasteiger partial charge is 0.279 e. The van der Waals surface area contributed by atoms with Crippen molar-refractivity contribution in [3.8, 4) is 0 Å². The molecule has 0 radical (unpaired) electrons. The highest BCUT2D eigenvalue weighted by atomic mass is 35.5. The minimum atomic E-state index is -0.769. The predicted molar refractivity (Wildman–Crippen MR) is 113 cm³/mol. The molecule has 8 nitrogen and oxygen atoms in total. The second-order valence-electron chi connectivity index (χ2n) is 7.02. The van der Waals surface area contributed by atoms with E-state index in [4.69, 9.17) is 17.3 Å². The molecule has 0 aliphatic heterocycles. The van der Waals surface area contributed by atoms with E-state index in [9.17, 15) is 18.8 Å². The van der Waals surface area contributed by atoms with Crippen LogP contribution in [0.3, 0.4) is 0 Å². The Morgan fingerprint density at radius 2 is 1.87 bits per heavy atom. The number of primary amides is 1. The molecule has 1 fully saturated rings. The number of nitrogens with two attached hydrogens (primary N) is 1. The fourth-order valence-electron chi connectivity index (χ4n) is 3.16. The fraction of sp³-hybridized carbons (Fsp3) is 0.143. The summed E-state index contributed by atoms with van der Waals surface area (Å²) in [6, 6.07) is 10.1. The highest BCUT2D eigenvalue weighted by Crippen LogP contribution is 2.34. The van der Waals surface area contributed by atoms with Crippen LogP contribution in [-0.4, -0.2) is 33.7 Å². The molecule has 0 bridgehead atoms. The van der Waals surface area contributed by atoms with Crippen LogP contribution in [0.5, 0.6) is 0 Å². The number of aromatic amines is 1. The molecule has 4 rings (SSSR count). The third-order valence-corrected chi connectivity index (χ3v) is 5.11. The molecule has 158 valence electrons. The van der Waals surface area contributed by atoms with Crippen molar-refractivity contribution >= 4 is 40.7 Å². The van der Waals surface area contributed by atoms with E-state index in [1.165, 1.54) is 12.4 Å². The number of hydrogen-bond acceptors (Lipinski definition) is 4. The van der Waals surface area contributed by atoms with Crippen molar-refractivity contribution in [3.63, 3.8) is 0 Å². The van der Waals surface area contributed by atoms with Gasteiger partial charge >= 0.3 is 0 Å². The van der Waals surface area contributed by atoms with E-state index >= 15 is 0 Å². The summed E-state index contributed by atoms with van der Waals surface area (Å²) in [5.41, 5.74) is 6.42. The molecule has 3 aromatic rings. The van der Waals surface area contributed by atoms with Crippen molar-refractivity contribution in [2.75, 3.05) is 10.2 Å². The summed E-state index contributed by atoms with van der Waals surface area (Å²) in [6.07, 6.45) is 2.89. The normalized spacial score (nSPS) is 13.0. The first-order valence-corrected chi connectivity index (χ1v) is 9.76. The van der Waals surface area contributed by atoms with Gasteiger partial charge < -0.3 is 20.9 Å². The lowest BCUT2D eigenvalue weighted by Gasteiger charge is -2.22. The van der Waals surface area contributed by atoms with Gasteiger partial charge in [0.25, 0.3) is 17.7 Å². The van der Waals surface area contributed by atoms with Crippen molar-refractivity contribution in [3.05, 3.63) is 76.6 Å². The number of hydrogen-bond donors (Lipinski definition) is 3. The molecule has 1 saturated carbocycles. The molecule has 0 unspecified atom stereocenters. The minimum absolute atomic E-state index is 0.00360. The molecule has 4 N–H and O–H groups in total. The molecule has 3 amide bonds. The third-order valence-electron chi connectivity index (χ3n) is 4.80. The van der Waals surface area contributed by atoms with Crippen LogP contribution in [0.2, 0.25) is 5.02 Å². The minimum Gasteiger partial charge on any atom is -0.364 e. The van der Waals surface area contributed by atoms with Gasteiger partial charge in [0, 0.05) is 17.4 Å². The lowest BCUT2D eigenvalue weighted by atomic mass is 10.2. The highest BCUT2D eigenvalue weighted by molar-refractivity contribution is 6.34. The SMILES string of the molecule is NC(=O)c1[nH]cnc1C(=O)N(c1ccc(NC(=O)c2ccc(F)cc2Cl)cc1)C1CC1. The number of benzene rings is 2. The van der Waals surface area contributed by atoms with Crippen LogP contribution in [0.15, 0.2) is 48.8 Å². The zero-order valence-electron chi connectivity index (χ0n) is 16.1. The Hall–Kier alpha value is -3.72. The Labute approximate surface area is 181 Å². The second kappa shape index (κ2) is 8.19. The summed E-state index contributed by atoms with van der Waals surface area (Å²) in [4.78, 5) is 45.1. The molecule has 0 spiro atoms. The van der Waals surface area contributed by atoms with Gasteiger partial charge in [-0.25, -0.2) is 9.37 Å². The first-order chi connectivity index (χ1) is 14.8. The number of nitrogens with one attached hydrogen (secondary N) is 2. The van der Waals surface area contributed by atoms with Crippen LogP contribution in [0, 0.1) is 5.82 Å². The molecule has 0 saturated heterocycles. The van der Waals surface area contributed by atoms with Gasteiger partial charge in [-0.1, -0.05) is 11.6 Å². The number of carbonyl (C=O) groups is 3. The number of imidazole rings is 1. The van der Waals surface area contributed by atoms with Gasteiger partial charge in [-0.05, 0) is 55.3 Å². The Kier molecular flexibility index (Phi) is 5.43. The standard InChI is InChI=1S/C21H17ClFN5O3/c22-16-9-11(23)1-8-15(16)20(30)27-12-2-4-13(5-3-12)28(14-6-7-14)21(31)18-17(19(24)29)25-10-26-18/h1-5,8-10,14H,6-7H2,(H2,24,29)(H,25,26)(H,27,30). The molecule has 1 aliphatic carbocycles. The largest absolute Gasteiger partial charge is 0.364 e. The van der Waals surface area contributed by atoms with Gasteiger partial charge in [-0.15, -0.1) is 0 Å². The summed E-state index contributed by atoms with van der Waals surface area (Å²) < 4.78 is 13.2. The van der Waals surface area contributed by atoms with Gasteiger partial charge in [0.1, 0.15) is 11.5 Å². The van der Waals surface area contributed by atoms with Gasteiger partial charge in [0.15, 0.2) is 5.69 Å². The van der Waals surface area contributed by atoms with Crippen molar-refractivity contribution in [1.29, 1.82) is 0 Å². The third kappa shape index (κ3) is 4.26. The molecule has 2 aromatic carbocycles. The van der Waals surface area contributed by atoms with Crippen molar-refractivity contribution < 1.29 is 18.8 Å². The second-order valence-corrected chi connectivity index (χ2v) is 7.43. The van der Waals surface area contributed by atoms with Crippen LogP contribution >= 0.6 is 11.6 Å². The number of amides is 3. The summed E-state index contributed by atoms with van der Waals surface area (Å²) in [6.45, 7) is 0. The van der Waals surface area contributed by atoms with E-state index in [-0.39, 0.29) is 28.0 Å². The summed E-state index contributed by atoms with van der Waals surface area (Å²) in [7, 11) is 0. The molecule has 1 aliphatic rings. The maximum atomic E-state index is 13.2.